The number of rotatable bonds is 3. The highest BCUT2D eigenvalue weighted by Gasteiger charge is 2.11. The molecule has 0 unspecified atom stereocenters. The normalized spacial score (nSPS) is 10.5. The second kappa shape index (κ2) is 5.81. The molecule has 22 heavy (non-hydrogen) atoms. The van der Waals surface area contributed by atoms with E-state index in [0.717, 1.165) is 16.8 Å². The van der Waals surface area contributed by atoms with Crippen molar-refractivity contribution in [3.63, 3.8) is 0 Å². The van der Waals surface area contributed by atoms with E-state index >= 15 is 0 Å². The van der Waals surface area contributed by atoms with Crippen LogP contribution >= 0.6 is 0 Å². The molecule has 110 valence electrons. The minimum Gasteiger partial charge on any atom is -0.320 e. The first-order chi connectivity index (χ1) is 10.6. The average molecular weight is 292 g/mol. The third-order valence-corrected chi connectivity index (χ3v) is 3.37. The maximum Gasteiger partial charge on any atom is 0.257 e. The van der Waals surface area contributed by atoms with Crippen molar-refractivity contribution in [3.8, 4) is 11.3 Å². The molecule has 1 aromatic carbocycles. The zero-order chi connectivity index (χ0) is 15.5. The Bertz CT molecular complexity index is 791. The van der Waals surface area contributed by atoms with E-state index in [1.54, 1.807) is 29.1 Å². The summed E-state index contributed by atoms with van der Waals surface area (Å²) in [6.45, 7) is 1.99. The molecule has 0 fully saturated rings. The van der Waals surface area contributed by atoms with E-state index in [1.165, 1.54) is 0 Å². The number of hydrogen-bond donors (Lipinski definition) is 1. The molecule has 0 spiro atoms. The lowest BCUT2D eigenvalue weighted by molar-refractivity contribution is 0.102. The number of hydrogen-bond acceptors (Lipinski definition) is 3. The minimum absolute atomic E-state index is 0.175. The van der Waals surface area contributed by atoms with Crippen molar-refractivity contribution in [2.75, 3.05) is 5.32 Å². The molecule has 0 saturated carbocycles. The summed E-state index contributed by atoms with van der Waals surface area (Å²) >= 11 is 0. The molecule has 5 heteroatoms. The van der Waals surface area contributed by atoms with Crippen molar-refractivity contribution in [1.29, 1.82) is 0 Å². The van der Waals surface area contributed by atoms with Gasteiger partial charge in [-0.05, 0) is 31.2 Å². The smallest absolute Gasteiger partial charge is 0.257 e. The standard InChI is InChI=1S/C17H16N4O/c1-12-5-7-13(8-6-12)16(22)20-17-19-15(11-21(17)2)14-4-3-9-18-10-14/h3-11H,1-2H3,(H,19,20,22). The van der Waals surface area contributed by atoms with E-state index in [1.807, 2.05) is 44.4 Å². The zero-order valence-electron chi connectivity index (χ0n) is 12.4. The fourth-order valence-electron chi connectivity index (χ4n) is 2.11. The largest absolute Gasteiger partial charge is 0.320 e. The SMILES string of the molecule is Cc1ccc(C(=O)Nc2nc(-c3cccnc3)cn2C)cc1. The van der Waals surface area contributed by atoms with Crippen molar-refractivity contribution in [2.45, 2.75) is 6.92 Å². The lowest BCUT2D eigenvalue weighted by Crippen LogP contribution is -2.14. The van der Waals surface area contributed by atoms with Gasteiger partial charge in [0.2, 0.25) is 5.95 Å². The number of aryl methyl sites for hydroxylation is 2. The quantitative estimate of drug-likeness (QED) is 0.807. The van der Waals surface area contributed by atoms with Crippen molar-refractivity contribution in [2.24, 2.45) is 7.05 Å². The predicted molar refractivity (Wildman–Crippen MR) is 85.6 cm³/mol. The number of nitrogens with one attached hydrogen (secondary N) is 1. The van der Waals surface area contributed by atoms with Crippen LogP contribution in [0.2, 0.25) is 0 Å². The Labute approximate surface area is 128 Å². The molecule has 0 aliphatic heterocycles. The number of carbonyl (C=O) groups is 1. The number of pyridine rings is 1. The molecule has 5 nitrogen and oxygen atoms in total. The molecule has 0 saturated heterocycles. The molecular formula is C17H16N4O. The van der Waals surface area contributed by atoms with Crippen LogP contribution in [0.5, 0.6) is 0 Å². The van der Waals surface area contributed by atoms with Crippen LogP contribution in [0.3, 0.4) is 0 Å². The first kappa shape index (κ1) is 14.0. The van der Waals surface area contributed by atoms with Crippen LogP contribution in [-0.2, 0) is 7.05 Å². The van der Waals surface area contributed by atoms with Crippen molar-refractivity contribution in [3.05, 3.63) is 66.1 Å². The Hall–Kier alpha value is -2.95. The summed E-state index contributed by atoms with van der Waals surface area (Å²) in [5.41, 5.74) is 3.41. The Morgan fingerprint density at radius 1 is 1.18 bits per heavy atom. The number of benzene rings is 1. The molecule has 1 N–H and O–H groups in total. The van der Waals surface area contributed by atoms with Gasteiger partial charge in [0.15, 0.2) is 0 Å². The van der Waals surface area contributed by atoms with Gasteiger partial charge in [-0.15, -0.1) is 0 Å². The zero-order valence-corrected chi connectivity index (χ0v) is 12.4. The average Bonchev–Trinajstić information content (AvgIpc) is 2.90. The minimum atomic E-state index is -0.175. The molecule has 0 radical (unpaired) electrons. The van der Waals surface area contributed by atoms with Gasteiger partial charge in [0.05, 0.1) is 5.69 Å². The summed E-state index contributed by atoms with van der Waals surface area (Å²) in [6, 6.07) is 11.2. The number of carbonyl (C=O) groups excluding carboxylic acids is 1. The lowest BCUT2D eigenvalue weighted by atomic mass is 10.1. The van der Waals surface area contributed by atoms with Gasteiger partial charge in [0.1, 0.15) is 0 Å². The number of nitrogens with zero attached hydrogens (tertiary/aromatic N) is 3. The topological polar surface area (TPSA) is 59.8 Å². The maximum atomic E-state index is 12.2. The van der Waals surface area contributed by atoms with Gasteiger partial charge in [0.25, 0.3) is 5.91 Å². The van der Waals surface area contributed by atoms with Crippen LogP contribution in [0.1, 0.15) is 15.9 Å². The van der Waals surface area contributed by atoms with Gasteiger partial charge in [0, 0.05) is 36.8 Å². The van der Waals surface area contributed by atoms with Crippen LogP contribution in [0.25, 0.3) is 11.3 Å². The summed E-state index contributed by atoms with van der Waals surface area (Å²) in [6.07, 6.45) is 5.32. The van der Waals surface area contributed by atoms with Crippen LogP contribution in [0, 0.1) is 6.92 Å². The predicted octanol–water partition coefficient (Wildman–Crippen LogP) is 3.04. The van der Waals surface area contributed by atoms with Gasteiger partial charge >= 0.3 is 0 Å². The van der Waals surface area contributed by atoms with Gasteiger partial charge in [-0.25, -0.2) is 4.98 Å². The van der Waals surface area contributed by atoms with Crippen molar-refractivity contribution < 1.29 is 4.79 Å². The highest BCUT2D eigenvalue weighted by molar-refractivity contribution is 6.03. The second-order valence-electron chi connectivity index (χ2n) is 5.12. The van der Waals surface area contributed by atoms with Crippen LogP contribution in [-0.4, -0.2) is 20.4 Å². The molecule has 2 heterocycles. The summed E-state index contributed by atoms with van der Waals surface area (Å²) < 4.78 is 1.79. The molecular weight excluding hydrogens is 276 g/mol. The van der Waals surface area contributed by atoms with Gasteiger partial charge < -0.3 is 4.57 Å². The first-order valence-corrected chi connectivity index (χ1v) is 6.95. The Balaban J connectivity index is 1.82. The highest BCUT2D eigenvalue weighted by Crippen LogP contribution is 2.19. The summed E-state index contributed by atoms with van der Waals surface area (Å²) in [5.74, 6) is 0.330. The van der Waals surface area contributed by atoms with Gasteiger partial charge in [-0.1, -0.05) is 17.7 Å². The number of aromatic nitrogens is 3. The molecule has 2 aromatic heterocycles. The van der Waals surface area contributed by atoms with E-state index in [2.05, 4.69) is 15.3 Å². The molecule has 3 rings (SSSR count). The fourth-order valence-corrected chi connectivity index (χ4v) is 2.11. The maximum absolute atomic E-state index is 12.2. The van der Waals surface area contributed by atoms with Crippen LogP contribution in [0.15, 0.2) is 55.0 Å². The molecule has 0 bridgehead atoms. The number of anilines is 1. The van der Waals surface area contributed by atoms with Gasteiger partial charge in [-0.2, -0.15) is 0 Å². The monoisotopic (exact) mass is 292 g/mol. The van der Waals surface area contributed by atoms with E-state index in [-0.39, 0.29) is 5.91 Å². The number of amides is 1. The van der Waals surface area contributed by atoms with E-state index < -0.39 is 0 Å². The Morgan fingerprint density at radius 2 is 1.95 bits per heavy atom. The van der Waals surface area contributed by atoms with Crippen LogP contribution < -0.4 is 5.32 Å². The van der Waals surface area contributed by atoms with Crippen molar-refractivity contribution in [1.82, 2.24) is 14.5 Å². The Kier molecular flexibility index (Phi) is 3.70. The Morgan fingerprint density at radius 3 is 2.64 bits per heavy atom. The molecule has 1 amide bonds. The third-order valence-electron chi connectivity index (χ3n) is 3.37. The van der Waals surface area contributed by atoms with Gasteiger partial charge in [-0.3, -0.25) is 15.1 Å². The highest BCUT2D eigenvalue weighted by atomic mass is 16.1. The van der Waals surface area contributed by atoms with E-state index in [9.17, 15) is 4.79 Å². The third kappa shape index (κ3) is 2.88. The summed E-state index contributed by atoms with van der Waals surface area (Å²) in [7, 11) is 1.84. The molecule has 0 aliphatic rings. The fraction of sp³-hybridized carbons (Fsp3) is 0.118. The lowest BCUT2D eigenvalue weighted by Gasteiger charge is -2.04. The van der Waals surface area contributed by atoms with E-state index in [0.29, 0.717) is 11.5 Å². The molecule has 3 aromatic rings. The number of imidazole rings is 1. The summed E-state index contributed by atoms with van der Waals surface area (Å²) in [5, 5.41) is 2.83. The second-order valence-corrected chi connectivity index (χ2v) is 5.12. The van der Waals surface area contributed by atoms with Crippen LogP contribution in [0.4, 0.5) is 5.95 Å². The summed E-state index contributed by atoms with van der Waals surface area (Å²) in [4.78, 5) is 20.8. The van der Waals surface area contributed by atoms with Crippen molar-refractivity contribution >= 4 is 11.9 Å². The first-order valence-electron chi connectivity index (χ1n) is 6.95. The molecule has 0 aliphatic carbocycles. The molecule has 0 atom stereocenters. The van der Waals surface area contributed by atoms with E-state index in [4.69, 9.17) is 0 Å².